The van der Waals surface area contributed by atoms with Crippen LogP contribution in [-0.2, 0) is 54.9 Å². The maximum Gasteiger partial charge on any atom is 0.485 e. The molecule has 18 heteroatoms. The summed E-state index contributed by atoms with van der Waals surface area (Å²) in [7, 11) is -11.8. The van der Waals surface area contributed by atoms with Gasteiger partial charge in [-0.3, -0.25) is 0 Å². The van der Waals surface area contributed by atoms with Gasteiger partial charge < -0.3 is 18.9 Å². The lowest BCUT2D eigenvalue weighted by Gasteiger charge is -2.26. The first-order valence-corrected chi connectivity index (χ1v) is 28.8. The van der Waals surface area contributed by atoms with Gasteiger partial charge in [0.2, 0.25) is 0 Å². The molecule has 0 radical (unpaired) electrons. The van der Waals surface area contributed by atoms with Gasteiger partial charge in [0.1, 0.15) is 25.0 Å². The van der Waals surface area contributed by atoms with Gasteiger partial charge in [0.05, 0.1) is 11.4 Å². The molecule has 6 rings (SSSR count). The zero-order valence-electron chi connectivity index (χ0n) is 39.5. The van der Waals surface area contributed by atoms with Crippen molar-refractivity contribution in [2.45, 2.75) is 73.2 Å². The number of hydrogen-bond donors (Lipinski definition) is 0. The first kappa shape index (κ1) is 57.3. The first-order chi connectivity index (χ1) is 32.8. The van der Waals surface area contributed by atoms with Gasteiger partial charge in [-0.2, -0.15) is 26.3 Å². The van der Waals surface area contributed by atoms with Crippen molar-refractivity contribution in [3.63, 3.8) is 0 Å². The van der Waals surface area contributed by atoms with E-state index in [1.54, 1.807) is 0 Å². The van der Waals surface area contributed by atoms with Crippen LogP contribution in [0.1, 0.15) is 61.8 Å². The third kappa shape index (κ3) is 17.3. The summed E-state index contributed by atoms with van der Waals surface area (Å²) < 4.78 is 118. The quantitative estimate of drug-likeness (QED) is 0.0309. The van der Waals surface area contributed by atoms with Gasteiger partial charge in [-0.15, -0.1) is 0 Å². The SMILES string of the molecule is CCCCc1ccc(N(c2ccc(C=Cc3ccc(N(c4ccc(CCCC)cc4)c4cccc([S+](C)C)c4)cc3)cc2)c2cccc([S+](C)C)c2)cc1.O=S(=O)([O-])C(F)(F)F.O=S(=O)([O-])C(F)(F)F. The van der Waals surface area contributed by atoms with Crippen molar-refractivity contribution < 1.29 is 52.3 Å². The second-order valence-corrected chi connectivity index (χ2v) is 23.1. The van der Waals surface area contributed by atoms with E-state index >= 15 is 0 Å². The molecular formula is C52H56F6N2O6S4. The molecule has 0 saturated heterocycles. The van der Waals surface area contributed by atoms with E-state index in [1.165, 1.54) is 80.5 Å². The van der Waals surface area contributed by atoms with Crippen LogP contribution >= 0.6 is 0 Å². The summed E-state index contributed by atoms with van der Waals surface area (Å²) in [6.45, 7) is 4.51. The fourth-order valence-corrected chi connectivity index (χ4v) is 8.11. The van der Waals surface area contributed by atoms with Gasteiger partial charge in [-0.1, -0.05) is 99.5 Å². The second-order valence-electron chi connectivity index (χ2n) is 16.2. The molecule has 0 aliphatic carbocycles. The largest absolute Gasteiger partial charge is 0.741 e. The highest BCUT2D eigenvalue weighted by atomic mass is 32.2. The Kier molecular flexibility index (Phi) is 21.1. The van der Waals surface area contributed by atoms with Gasteiger partial charge in [0, 0.05) is 56.7 Å². The van der Waals surface area contributed by atoms with Gasteiger partial charge in [0.15, 0.2) is 30.0 Å². The molecule has 0 fully saturated rings. The molecule has 0 amide bonds. The average Bonchev–Trinajstić information content (AvgIpc) is 3.30. The molecular weight excluding hydrogens is 991 g/mol. The van der Waals surface area contributed by atoms with Crippen molar-refractivity contribution in [1.82, 2.24) is 0 Å². The molecule has 0 N–H and O–H groups in total. The van der Waals surface area contributed by atoms with E-state index < -0.39 is 31.3 Å². The van der Waals surface area contributed by atoms with Crippen LogP contribution in [0.2, 0.25) is 0 Å². The van der Waals surface area contributed by atoms with Crippen LogP contribution in [0.4, 0.5) is 60.5 Å². The summed E-state index contributed by atoms with van der Waals surface area (Å²) in [4.78, 5) is 7.51. The normalized spacial score (nSPS) is 12.1. The lowest BCUT2D eigenvalue weighted by atomic mass is 10.1. The number of aryl methyl sites for hydroxylation is 2. The predicted octanol–water partition coefficient (Wildman–Crippen LogP) is 14.1. The third-order valence-electron chi connectivity index (χ3n) is 10.5. The van der Waals surface area contributed by atoms with E-state index in [1.807, 2.05) is 0 Å². The zero-order chi connectivity index (χ0) is 51.9. The van der Waals surface area contributed by atoms with E-state index in [4.69, 9.17) is 25.9 Å². The zero-order valence-corrected chi connectivity index (χ0v) is 42.8. The molecule has 8 nitrogen and oxygen atoms in total. The van der Waals surface area contributed by atoms with Crippen molar-refractivity contribution >= 4 is 88.3 Å². The number of unbranched alkanes of at least 4 members (excludes halogenated alkanes) is 2. The van der Waals surface area contributed by atoms with Crippen LogP contribution in [0, 0.1) is 0 Å². The summed E-state index contributed by atoms with van der Waals surface area (Å²) in [5.41, 5.74) is 0.907. The van der Waals surface area contributed by atoms with Crippen LogP contribution in [0.5, 0.6) is 0 Å². The Morgan fingerprint density at radius 2 is 0.729 bits per heavy atom. The van der Waals surface area contributed by atoms with Crippen molar-refractivity contribution in [2.24, 2.45) is 0 Å². The molecule has 0 heterocycles. The van der Waals surface area contributed by atoms with Crippen LogP contribution in [-0.4, -0.2) is 62.0 Å². The van der Waals surface area contributed by atoms with E-state index in [9.17, 15) is 26.3 Å². The Balaban J connectivity index is 0.000000571. The number of anilines is 6. The fourth-order valence-electron chi connectivity index (χ4n) is 6.69. The summed E-state index contributed by atoms with van der Waals surface area (Å²) in [6.07, 6.45) is 20.7. The molecule has 0 unspecified atom stereocenters. The highest BCUT2D eigenvalue weighted by Gasteiger charge is 2.37. The topological polar surface area (TPSA) is 121 Å². The van der Waals surface area contributed by atoms with E-state index in [0.717, 1.165) is 24.2 Å². The lowest BCUT2D eigenvalue weighted by Crippen LogP contribution is -2.21. The Morgan fingerprint density at radius 3 is 0.971 bits per heavy atom. The van der Waals surface area contributed by atoms with Crippen molar-refractivity contribution in [3.05, 3.63) is 168 Å². The van der Waals surface area contributed by atoms with E-state index in [-0.39, 0.29) is 21.8 Å². The number of alkyl halides is 6. The van der Waals surface area contributed by atoms with E-state index in [2.05, 4.69) is 206 Å². The summed E-state index contributed by atoms with van der Waals surface area (Å²) >= 11 is 0. The number of nitrogens with zero attached hydrogens (tertiary/aromatic N) is 2. The predicted molar refractivity (Wildman–Crippen MR) is 275 cm³/mol. The Morgan fingerprint density at radius 1 is 0.457 bits per heavy atom. The number of benzene rings is 6. The molecule has 0 saturated carbocycles. The monoisotopic (exact) mass is 1050 g/mol. The van der Waals surface area contributed by atoms with Crippen molar-refractivity contribution in [3.8, 4) is 0 Å². The molecule has 6 aromatic rings. The lowest BCUT2D eigenvalue weighted by molar-refractivity contribution is -0.0522. The minimum Gasteiger partial charge on any atom is -0.741 e. The molecule has 70 heavy (non-hydrogen) atoms. The average molecular weight is 1050 g/mol. The van der Waals surface area contributed by atoms with Crippen LogP contribution in [0.25, 0.3) is 12.2 Å². The Labute approximate surface area is 414 Å². The summed E-state index contributed by atoms with van der Waals surface area (Å²) in [6, 6.07) is 54.2. The standard InChI is InChI=1S/C50H56N2S2.2CHF3O3S/c1-7-9-13-39-21-29-43(30-22-39)51(47-15-11-17-49(37-47)53(3)4)45-33-25-41(26-34-45)19-20-42-27-35-46(36-28-42)52(48-16-12-18-50(38-48)54(5)6)44-31-23-40(24-32-44)14-10-8-2;2*2-1(3,4)8(5,6)7/h11-12,15-38H,7-10,13-14H2,1-6H3;2*(H,5,6,7)/q+2;;/p-2. The molecule has 0 atom stereocenters. The van der Waals surface area contributed by atoms with E-state index in [0.29, 0.717) is 0 Å². The Hall–Kier alpha value is -5.24. The molecule has 376 valence electrons. The van der Waals surface area contributed by atoms with Crippen LogP contribution in [0.15, 0.2) is 155 Å². The molecule has 0 spiro atoms. The first-order valence-electron chi connectivity index (χ1n) is 21.9. The van der Waals surface area contributed by atoms with Gasteiger partial charge in [-0.25, -0.2) is 16.8 Å². The molecule has 0 aliphatic rings. The minimum atomic E-state index is -6.09. The smallest absolute Gasteiger partial charge is 0.485 e. The fraction of sp³-hybridized carbons (Fsp3) is 0.269. The van der Waals surface area contributed by atoms with Gasteiger partial charge in [-0.05, 0) is 121 Å². The maximum atomic E-state index is 10.7. The number of rotatable bonds is 16. The maximum absolute atomic E-state index is 10.7. The van der Waals surface area contributed by atoms with Crippen molar-refractivity contribution in [1.29, 1.82) is 0 Å². The molecule has 0 aromatic heterocycles. The number of halogens is 6. The summed E-state index contributed by atoms with van der Waals surface area (Å²) in [5.74, 6) is 0. The van der Waals surface area contributed by atoms with Crippen LogP contribution < -0.4 is 9.80 Å². The molecule has 0 aliphatic heterocycles. The Bertz CT molecular complexity index is 2630. The molecule has 0 bridgehead atoms. The number of hydrogen-bond acceptors (Lipinski definition) is 8. The highest BCUT2D eigenvalue weighted by molar-refractivity contribution is 7.95. The van der Waals surface area contributed by atoms with Gasteiger partial charge >= 0.3 is 11.0 Å². The second kappa shape index (κ2) is 25.7. The van der Waals surface area contributed by atoms with Crippen molar-refractivity contribution in [2.75, 3.05) is 34.8 Å². The summed E-state index contributed by atoms with van der Waals surface area (Å²) in [5, 5.41) is 0. The minimum absolute atomic E-state index is 0.182. The van der Waals surface area contributed by atoms with Crippen LogP contribution in [0.3, 0.4) is 0 Å². The van der Waals surface area contributed by atoms with Gasteiger partial charge in [0.25, 0.3) is 0 Å². The highest BCUT2D eigenvalue weighted by Crippen LogP contribution is 2.38. The third-order valence-corrected chi connectivity index (χ3v) is 14.0. The molecule has 6 aromatic carbocycles.